The van der Waals surface area contributed by atoms with Crippen LogP contribution in [-0.2, 0) is 11.2 Å². The Morgan fingerprint density at radius 2 is 2.12 bits per heavy atom. The van der Waals surface area contributed by atoms with Gasteiger partial charge in [0.25, 0.3) is 0 Å². The number of nitrogens with two attached hydrogens (primary N) is 1. The van der Waals surface area contributed by atoms with Gasteiger partial charge in [0.1, 0.15) is 0 Å². The lowest BCUT2D eigenvalue weighted by atomic mass is 10.3. The van der Waals surface area contributed by atoms with E-state index in [0.29, 0.717) is 16.3 Å². The molecule has 0 aliphatic carbocycles. The lowest BCUT2D eigenvalue weighted by molar-refractivity contribution is -0.184. The molecular formula is C9H11F3N2OS. The van der Waals surface area contributed by atoms with Gasteiger partial charge in [0.2, 0.25) is 0 Å². The highest BCUT2D eigenvalue weighted by atomic mass is 32.1. The molecule has 0 saturated heterocycles. The highest BCUT2D eigenvalue weighted by Crippen LogP contribution is 2.20. The minimum atomic E-state index is -4.80. The molecule has 7 heteroatoms. The number of likely N-dealkylation sites (N-methyl/N-ethyl adjacent to an activating group) is 1. The first-order valence-electron chi connectivity index (χ1n) is 4.47. The van der Waals surface area contributed by atoms with Gasteiger partial charge < -0.3 is 10.6 Å². The number of alkyl halides is 3. The summed E-state index contributed by atoms with van der Waals surface area (Å²) in [4.78, 5) is 12.3. The Morgan fingerprint density at radius 3 is 2.56 bits per heavy atom. The van der Waals surface area contributed by atoms with Gasteiger partial charge in [-0.15, -0.1) is 11.3 Å². The Balaban J connectivity index is 2.47. The molecule has 1 aromatic heterocycles. The average Bonchev–Trinajstić information content (AvgIpc) is 2.58. The third kappa shape index (κ3) is 3.41. The zero-order valence-corrected chi connectivity index (χ0v) is 9.36. The molecule has 0 bridgehead atoms. The van der Waals surface area contributed by atoms with E-state index in [-0.39, 0.29) is 6.54 Å². The third-order valence-corrected chi connectivity index (χ3v) is 2.94. The van der Waals surface area contributed by atoms with E-state index >= 15 is 0 Å². The number of hydrogen-bond acceptors (Lipinski definition) is 3. The summed E-state index contributed by atoms with van der Waals surface area (Å²) < 4.78 is 36.1. The molecular weight excluding hydrogens is 241 g/mol. The lowest BCUT2D eigenvalue weighted by Gasteiger charge is -2.17. The molecule has 1 amide bonds. The molecule has 1 rings (SSSR count). The van der Waals surface area contributed by atoms with Gasteiger partial charge in [-0.05, 0) is 18.6 Å². The smallest absolute Gasteiger partial charge is 0.391 e. The van der Waals surface area contributed by atoms with Crippen molar-refractivity contribution in [2.24, 2.45) is 0 Å². The van der Waals surface area contributed by atoms with Gasteiger partial charge in [0.05, 0.1) is 5.00 Å². The summed E-state index contributed by atoms with van der Waals surface area (Å²) in [5, 5.41) is 0.611. The molecule has 0 radical (unpaired) electrons. The van der Waals surface area contributed by atoms with Crippen molar-refractivity contribution in [3.63, 3.8) is 0 Å². The van der Waals surface area contributed by atoms with E-state index in [4.69, 9.17) is 5.73 Å². The van der Waals surface area contributed by atoms with Crippen LogP contribution in [0, 0.1) is 0 Å². The van der Waals surface area contributed by atoms with Gasteiger partial charge in [-0.25, -0.2) is 0 Å². The number of hydrogen-bond donors (Lipinski definition) is 1. The Bertz CT molecular complexity index is 375. The summed E-state index contributed by atoms with van der Waals surface area (Å²) in [6, 6.07) is 3.43. The largest absolute Gasteiger partial charge is 0.471 e. The van der Waals surface area contributed by atoms with Crippen LogP contribution in [0.5, 0.6) is 0 Å². The van der Waals surface area contributed by atoms with Gasteiger partial charge in [-0.2, -0.15) is 13.2 Å². The van der Waals surface area contributed by atoms with Crippen molar-refractivity contribution in [1.29, 1.82) is 0 Å². The lowest BCUT2D eigenvalue weighted by Crippen LogP contribution is -2.39. The molecule has 90 valence electrons. The zero-order valence-electron chi connectivity index (χ0n) is 8.54. The molecule has 0 saturated carbocycles. The summed E-state index contributed by atoms with van der Waals surface area (Å²) >= 11 is 1.31. The number of anilines is 1. The van der Waals surface area contributed by atoms with E-state index < -0.39 is 12.1 Å². The summed E-state index contributed by atoms with van der Waals surface area (Å²) in [6.07, 6.45) is -4.43. The van der Waals surface area contributed by atoms with Crippen LogP contribution in [0.2, 0.25) is 0 Å². The van der Waals surface area contributed by atoms with Crippen LogP contribution in [0.25, 0.3) is 0 Å². The van der Waals surface area contributed by atoms with E-state index in [0.717, 1.165) is 11.9 Å². The SMILES string of the molecule is CN(CCc1ccc(N)s1)C(=O)C(F)(F)F. The second kappa shape index (κ2) is 4.73. The summed E-state index contributed by atoms with van der Waals surface area (Å²) in [5.41, 5.74) is 5.47. The molecule has 0 fully saturated rings. The van der Waals surface area contributed by atoms with E-state index in [2.05, 4.69) is 0 Å². The number of nitrogen functional groups attached to an aromatic ring is 1. The maximum atomic E-state index is 12.0. The molecule has 1 heterocycles. The maximum Gasteiger partial charge on any atom is 0.471 e. The Kier molecular flexibility index (Phi) is 3.79. The van der Waals surface area contributed by atoms with Crippen molar-refractivity contribution < 1.29 is 18.0 Å². The monoisotopic (exact) mass is 252 g/mol. The molecule has 0 unspecified atom stereocenters. The second-order valence-corrected chi connectivity index (χ2v) is 4.48. The van der Waals surface area contributed by atoms with Gasteiger partial charge >= 0.3 is 12.1 Å². The van der Waals surface area contributed by atoms with Crippen LogP contribution in [0.4, 0.5) is 18.2 Å². The van der Waals surface area contributed by atoms with Crippen molar-refractivity contribution in [1.82, 2.24) is 4.90 Å². The first-order valence-corrected chi connectivity index (χ1v) is 5.29. The molecule has 0 aliphatic heterocycles. The molecule has 0 aromatic carbocycles. The predicted molar refractivity (Wildman–Crippen MR) is 56.1 cm³/mol. The van der Waals surface area contributed by atoms with Gasteiger partial charge in [0, 0.05) is 18.5 Å². The highest BCUT2D eigenvalue weighted by Gasteiger charge is 2.40. The minimum Gasteiger partial charge on any atom is -0.391 e. The molecule has 0 aliphatic rings. The predicted octanol–water partition coefficient (Wildman–Crippen LogP) is 1.89. The average molecular weight is 252 g/mol. The number of carbonyl (C=O) groups excluding carboxylic acids is 1. The molecule has 1 aromatic rings. The van der Waals surface area contributed by atoms with Gasteiger partial charge in [-0.3, -0.25) is 4.79 Å². The minimum absolute atomic E-state index is 0.0261. The van der Waals surface area contributed by atoms with E-state index in [1.165, 1.54) is 11.3 Å². The zero-order chi connectivity index (χ0) is 12.3. The van der Waals surface area contributed by atoms with Crippen LogP contribution in [0.15, 0.2) is 12.1 Å². The molecule has 16 heavy (non-hydrogen) atoms. The molecule has 0 spiro atoms. The molecule has 0 atom stereocenters. The second-order valence-electron chi connectivity index (χ2n) is 3.28. The molecule has 2 N–H and O–H groups in total. The van der Waals surface area contributed by atoms with Crippen LogP contribution < -0.4 is 5.73 Å². The van der Waals surface area contributed by atoms with Crippen molar-refractivity contribution in [3.05, 3.63) is 17.0 Å². The van der Waals surface area contributed by atoms with Crippen molar-refractivity contribution in [2.45, 2.75) is 12.6 Å². The van der Waals surface area contributed by atoms with Crippen molar-refractivity contribution >= 4 is 22.2 Å². The van der Waals surface area contributed by atoms with Crippen LogP contribution in [0.1, 0.15) is 4.88 Å². The van der Waals surface area contributed by atoms with Crippen molar-refractivity contribution in [3.8, 4) is 0 Å². The standard InChI is InChI=1S/C9H11F3N2OS/c1-14(8(15)9(10,11)12)5-4-6-2-3-7(13)16-6/h2-3H,4-5,13H2,1H3. The van der Waals surface area contributed by atoms with E-state index in [1.54, 1.807) is 12.1 Å². The number of carbonyl (C=O) groups is 1. The topological polar surface area (TPSA) is 46.3 Å². The van der Waals surface area contributed by atoms with E-state index in [1.807, 2.05) is 0 Å². The van der Waals surface area contributed by atoms with Crippen molar-refractivity contribution in [2.75, 3.05) is 19.3 Å². The number of nitrogens with zero attached hydrogens (tertiary/aromatic N) is 1. The summed E-state index contributed by atoms with van der Waals surface area (Å²) in [5.74, 6) is -1.82. The fourth-order valence-electron chi connectivity index (χ4n) is 1.12. The highest BCUT2D eigenvalue weighted by molar-refractivity contribution is 7.15. The normalized spacial score (nSPS) is 11.5. The van der Waals surface area contributed by atoms with Crippen LogP contribution in [0.3, 0.4) is 0 Å². The fourth-order valence-corrected chi connectivity index (χ4v) is 1.89. The number of rotatable bonds is 3. The maximum absolute atomic E-state index is 12.0. The Hall–Kier alpha value is -1.24. The first kappa shape index (κ1) is 12.8. The number of amides is 1. The summed E-state index contributed by atoms with van der Waals surface area (Å²) in [6.45, 7) is 0.0261. The number of halogens is 3. The third-order valence-electron chi connectivity index (χ3n) is 1.97. The Morgan fingerprint density at radius 1 is 1.50 bits per heavy atom. The molecule has 3 nitrogen and oxygen atoms in total. The van der Waals surface area contributed by atoms with Gasteiger partial charge in [0.15, 0.2) is 0 Å². The summed E-state index contributed by atoms with van der Waals surface area (Å²) in [7, 11) is 1.13. The van der Waals surface area contributed by atoms with Crippen LogP contribution >= 0.6 is 11.3 Å². The van der Waals surface area contributed by atoms with Crippen LogP contribution in [-0.4, -0.2) is 30.6 Å². The van der Waals surface area contributed by atoms with Gasteiger partial charge in [-0.1, -0.05) is 0 Å². The fraction of sp³-hybridized carbons (Fsp3) is 0.444. The van der Waals surface area contributed by atoms with E-state index in [9.17, 15) is 18.0 Å². The quantitative estimate of drug-likeness (QED) is 0.893. The number of thiophene rings is 1. The first-order chi connectivity index (χ1) is 7.30. The Labute approximate surface area is 94.7 Å².